The van der Waals surface area contributed by atoms with Crippen molar-refractivity contribution < 1.29 is 31.9 Å². The number of aromatic nitrogens is 1. The van der Waals surface area contributed by atoms with Crippen LogP contribution in [-0.2, 0) is 19.6 Å². The number of nitrogens with zero attached hydrogens (tertiary/aromatic N) is 2. The van der Waals surface area contributed by atoms with Gasteiger partial charge >= 0.3 is 5.97 Å². The number of carbonyl (C=O) groups is 2. The van der Waals surface area contributed by atoms with Crippen LogP contribution in [0.25, 0.3) is 11.3 Å². The molecule has 190 valence electrons. The van der Waals surface area contributed by atoms with Crippen LogP contribution in [0.1, 0.15) is 29.6 Å². The fourth-order valence-corrected chi connectivity index (χ4v) is 6.01. The number of esters is 1. The number of hydrogen-bond acceptors (Lipinski definition) is 8. The molecule has 0 aliphatic carbocycles. The molecule has 36 heavy (non-hydrogen) atoms. The van der Waals surface area contributed by atoms with Crippen LogP contribution in [0.2, 0.25) is 0 Å². The first-order chi connectivity index (χ1) is 17.3. The zero-order valence-electron chi connectivity index (χ0n) is 19.4. The van der Waals surface area contributed by atoms with Crippen LogP contribution in [0.5, 0.6) is 5.75 Å². The first kappa shape index (κ1) is 25.7. The van der Waals surface area contributed by atoms with Gasteiger partial charge in [0.1, 0.15) is 16.5 Å². The number of nitrogens with one attached hydrogen (secondary N) is 1. The van der Waals surface area contributed by atoms with Gasteiger partial charge in [-0.3, -0.25) is 10.1 Å². The molecule has 1 N–H and O–H groups in total. The predicted molar refractivity (Wildman–Crippen MR) is 132 cm³/mol. The van der Waals surface area contributed by atoms with Gasteiger partial charge in [0.05, 0.1) is 18.4 Å². The molecule has 3 aromatic rings. The van der Waals surface area contributed by atoms with Gasteiger partial charge in [0, 0.05) is 24.0 Å². The Morgan fingerprint density at radius 1 is 1.11 bits per heavy atom. The van der Waals surface area contributed by atoms with E-state index in [0.717, 1.165) is 30.2 Å². The van der Waals surface area contributed by atoms with E-state index in [1.54, 1.807) is 24.6 Å². The number of thiazole rings is 1. The third kappa shape index (κ3) is 5.89. The lowest BCUT2D eigenvalue weighted by Gasteiger charge is -2.26. The quantitative estimate of drug-likeness (QED) is 0.436. The van der Waals surface area contributed by atoms with Crippen LogP contribution >= 0.6 is 11.3 Å². The number of halogens is 1. The molecule has 12 heteroatoms. The highest BCUT2D eigenvalue weighted by Crippen LogP contribution is 2.27. The zero-order valence-corrected chi connectivity index (χ0v) is 21.0. The number of carbonyl (C=O) groups excluding carboxylic acids is 2. The summed E-state index contributed by atoms with van der Waals surface area (Å²) in [5.41, 5.74) is 1.32. The molecule has 0 unspecified atom stereocenters. The number of anilines is 1. The van der Waals surface area contributed by atoms with Crippen molar-refractivity contribution in [3.8, 4) is 17.0 Å². The Balaban J connectivity index is 1.36. The van der Waals surface area contributed by atoms with Gasteiger partial charge in [0.15, 0.2) is 11.7 Å². The maximum absolute atomic E-state index is 14.4. The van der Waals surface area contributed by atoms with Gasteiger partial charge in [0.2, 0.25) is 10.0 Å². The third-order valence-electron chi connectivity index (χ3n) is 5.57. The van der Waals surface area contributed by atoms with Crippen LogP contribution < -0.4 is 10.1 Å². The first-order valence-corrected chi connectivity index (χ1v) is 13.5. The summed E-state index contributed by atoms with van der Waals surface area (Å²) in [4.78, 5) is 28.5. The Morgan fingerprint density at radius 3 is 2.53 bits per heavy atom. The van der Waals surface area contributed by atoms with Gasteiger partial charge in [-0.05, 0) is 55.3 Å². The van der Waals surface area contributed by atoms with E-state index in [1.807, 2.05) is 12.1 Å². The topological polar surface area (TPSA) is 115 Å². The van der Waals surface area contributed by atoms with Crippen LogP contribution in [0.15, 0.2) is 52.7 Å². The Bertz CT molecular complexity index is 1350. The van der Waals surface area contributed by atoms with E-state index in [0.29, 0.717) is 42.5 Å². The molecule has 0 bridgehead atoms. The molecule has 2 heterocycles. The van der Waals surface area contributed by atoms with Gasteiger partial charge in [-0.2, -0.15) is 4.31 Å². The van der Waals surface area contributed by atoms with E-state index in [4.69, 9.17) is 9.47 Å². The molecule has 0 atom stereocenters. The Hall–Kier alpha value is -3.35. The number of benzene rings is 2. The number of amides is 1. The summed E-state index contributed by atoms with van der Waals surface area (Å²) in [7, 11) is -2.51. The molecule has 1 amide bonds. The highest BCUT2D eigenvalue weighted by Gasteiger charge is 2.29. The Labute approximate surface area is 211 Å². The normalized spacial score (nSPS) is 14.3. The van der Waals surface area contributed by atoms with E-state index in [1.165, 1.54) is 15.6 Å². The van der Waals surface area contributed by atoms with Crippen LogP contribution in [0.3, 0.4) is 0 Å². The minimum atomic E-state index is -4.09. The summed E-state index contributed by atoms with van der Waals surface area (Å²) in [6, 6.07) is 10.2. The fraction of sp³-hybridized carbons (Fsp3) is 0.292. The maximum Gasteiger partial charge on any atom is 0.338 e. The standard InChI is InChI=1S/C24H24FN3O6S2/c1-33-18-8-5-16(6-9-18)20-15-35-24(26-20)27-22(29)14-34-23(30)17-7-10-19(25)21(13-17)36(31,32)28-11-3-2-4-12-28/h5-10,13,15H,2-4,11-12,14H2,1H3,(H,26,27,29). The summed E-state index contributed by atoms with van der Waals surface area (Å²) in [6.45, 7) is -0.0248. The zero-order chi connectivity index (χ0) is 25.7. The molecule has 4 rings (SSSR count). The van der Waals surface area contributed by atoms with Crippen LogP contribution in [0.4, 0.5) is 9.52 Å². The molecule has 1 aromatic heterocycles. The number of rotatable bonds is 8. The van der Waals surface area contributed by atoms with Crippen molar-refractivity contribution in [2.75, 3.05) is 32.1 Å². The third-order valence-corrected chi connectivity index (χ3v) is 8.24. The predicted octanol–water partition coefficient (Wildman–Crippen LogP) is 3.93. The highest BCUT2D eigenvalue weighted by molar-refractivity contribution is 7.89. The average Bonchev–Trinajstić information content (AvgIpc) is 3.36. The summed E-state index contributed by atoms with van der Waals surface area (Å²) in [5, 5.41) is 4.64. The molecule has 1 fully saturated rings. The molecule has 1 aliphatic rings. The summed E-state index contributed by atoms with van der Waals surface area (Å²) in [5.74, 6) is -1.81. The maximum atomic E-state index is 14.4. The van der Waals surface area contributed by atoms with Gasteiger partial charge in [0.25, 0.3) is 5.91 Å². The second-order valence-electron chi connectivity index (χ2n) is 8.00. The van der Waals surface area contributed by atoms with Crippen molar-refractivity contribution in [1.82, 2.24) is 9.29 Å². The van der Waals surface area contributed by atoms with Gasteiger partial charge < -0.3 is 9.47 Å². The Morgan fingerprint density at radius 2 is 1.83 bits per heavy atom. The van der Waals surface area contributed by atoms with E-state index in [2.05, 4.69) is 10.3 Å². The molecule has 0 saturated carbocycles. The molecule has 0 radical (unpaired) electrons. The highest BCUT2D eigenvalue weighted by atomic mass is 32.2. The molecular formula is C24H24FN3O6S2. The Kier molecular flexibility index (Phi) is 7.97. The first-order valence-electron chi connectivity index (χ1n) is 11.1. The van der Waals surface area contributed by atoms with Crippen molar-refractivity contribution in [3.05, 3.63) is 59.2 Å². The monoisotopic (exact) mass is 533 g/mol. The van der Waals surface area contributed by atoms with Crippen molar-refractivity contribution >= 4 is 38.4 Å². The molecular weight excluding hydrogens is 509 g/mol. The van der Waals surface area contributed by atoms with Crippen LogP contribution in [0, 0.1) is 5.82 Å². The second-order valence-corrected chi connectivity index (χ2v) is 10.8. The van der Waals surface area contributed by atoms with E-state index < -0.39 is 39.2 Å². The largest absolute Gasteiger partial charge is 0.497 e. The van der Waals surface area contributed by atoms with Gasteiger partial charge in [-0.1, -0.05) is 6.42 Å². The van der Waals surface area contributed by atoms with Crippen molar-refractivity contribution in [1.29, 1.82) is 0 Å². The minimum absolute atomic E-state index is 0.171. The smallest absolute Gasteiger partial charge is 0.338 e. The lowest BCUT2D eigenvalue weighted by atomic mass is 10.2. The van der Waals surface area contributed by atoms with Crippen molar-refractivity contribution in [3.63, 3.8) is 0 Å². The number of methoxy groups -OCH3 is 1. The molecule has 9 nitrogen and oxygen atoms in total. The number of hydrogen-bond donors (Lipinski definition) is 1. The van der Waals surface area contributed by atoms with Gasteiger partial charge in [-0.25, -0.2) is 22.6 Å². The average molecular weight is 534 g/mol. The SMILES string of the molecule is COc1ccc(-c2csc(NC(=O)COC(=O)c3ccc(F)c(S(=O)(=O)N4CCCCC4)c3)n2)cc1. The van der Waals surface area contributed by atoms with E-state index in [9.17, 15) is 22.4 Å². The van der Waals surface area contributed by atoms with Gasteiger partial charge in [-0.15, -0.1) is 11.3 Å². The molecule has 2 aromatic carbocycles. The fourth-order valence-electron chi connectivity index (χ4n) is 3.67. The van der Waals surface area contributed by atoms with Crippen molar-refractivity contribution in [2.45, 2.75) is 24.2 Å². The number of ether oxygens (including phenoxy) is 2. The second kappa shape index (κ2) is 11.1. The lowest BCUT2D eigenvalue weighted by Crippen LogP contribution is -2.36. The van der Waals surface area contributed by atoms with E-state index >= 15 is 0 Å². The molecule has 1 saturated heterocycles. The minimum Gasteiger partial charge on any atom is -0.497 e. The van der Waals surface area contributed by atoms with Crippen molar-refractivity contribution in [2.24, 2.45) is 0 Å². The number of piperidine rings is 1. The lowest BCUT2D eigenvalue weighted by molar-refractivity contribution is -0.119. The van der Waals surface area contributed by atoms with Crippen LogP contribution in [-0.4, -0.2) is 56.4 Å². The molecule has 1 aliphatic heterocycles. The summed E-state index contributed by atoms with van der Waals surface area (Å²) >= 11 is 1.21. The summed E-state index contributed by atoms with van der Waals surface area (Å²) < 4.78 is 51.4. The summed E-state index contributed by atoms with van der Waals surface area (Å²) in [6.07, 6.45) is 2.30. The molecule has 0 spiro atoms. The van der Waals surface area contributed by atoms with E-state index in [-0.39, 0.29) is 5.56 Å². The number of sulfonamides is 1.